The number of hydrogen-bond donors (Lipinski definition) is 1. The summed E-state index contributed by atoms with van der Waals surface area (Å²) in [5.41, 5.74) is 0.118. The lowest BCUT2D eigenvalue weighted by atomic mass is 9.97. The van der Waals surface area contributed by atoms with Crippen LogP contribution in [-0.4, -0.2) is 89.2 Å². The molecule has 2 aromatic rings. The normalized spacial score (nSPS) is 21.6. The van der Waals surface area contributed by atoms with E-state index >= 15 is 0 Å². The number of rotatable bonds is 12. The SMILES string of the molecule is COc1ccc(CCc2nnc(S[C@H]3O[C@@H](COC(C)=O)[C@@H](OC(C)=O)[C@@H](OC(C)=O)[C@@H]3NC(C)=O)n2C)cc1OC. The fourth-order valence-corrected chi connectivity index (χ4v) is 5.58. The zero-order chi connectivity index (χ0) is 31.0. The molecule has 3 rings (SSSR count). The highest BCUT2D eigenvalue weighted by molar-refractivity contribution is 7.99. The van der Waals surface area contributed by atoms with Gasteiger partial charge in [0.2, 0.25) is 5.91 Å². The van der Waals surface area contributed by atoms with Gasteiger partial charge in [0.25, 0.3) is 0 Å². The molecule has 1 fully saturated rings. The number of carbonyl (C=O) groups is 4. The molecule has 0 saturated carbocycles. The number of nitrogens with zero attached hydrogens (tertiary/aromatic N) is 3. The topological polar surface area (TPSA) is 166 Å². The summed E-state index contributed by atoms with van der Waals surface area (Å²) in [6, 6.07) is 4.72. The number of aryl methyl sites for hydroxylation is 2. The molecule has 1 amide bonds. The first-order chi connectivity index (χ1) is 19.9. The summed E-state index contributed by atoms with van der Waals surface area (Å²) in [6.07, 6.45) is -2.13. The Bertz CT molecular complexity index is 1290. The van der Waals surface area contributed by atoms with Crippen LogP contribution in [0.3, 0.4) is 0 Å². The lowest BCUT2D eigenvalue weighted by Crippen LogP contribution is -2.65. The highest BCUT2D eigenvalue weighted by Crippen LogP contribution is 2.36. The van der Waals surface area contributed by atoms with Crippen molar-refractivity contribution >= 4 is 35.6 Å². The van der Waals surface area contributed by atoms with Gasteiger partial charge in [-0.05, 0) is 24.1 Å². The minimum Gasteiger partial charge on any atom is -0.493 e. The van der Waals surface area contributed by atoms with Crippen LogP contribution in [0.4, 0.5) is 0 Å². The minimum atomic E-state index is -1.17. The number of hydrogen-bond acceptors (Lipinski definition) is 13. The second kappa shape index (κ2) is 14.9. The second-order valence-corrected chi connectivity index (χ2v) is 10.6. The Morgan fingerprint density at radius 3 is 2.19 bits per heavy atom. The maximum atomic E-state index is 12.2. The van der Waals surface area contributed by atoms with E-state index in [1.165, 1.54) is 27.7 Å². The Morgan fingerprint density at radius 2 is 1.60 bits per heavy atom. The van der Waals surface area contributed by atoms with E-state index < -0.39 is 53.6 Å². The summed E-state index contributed by atoms with van der Waals surface area (Å²) in [6.45, 7) is 4.62. The Morgan fingerprint density at radius 1 is 0.929 bits per heavy atom. The third kappa shape index (κ3) is 8.58. The van der Waals surface area contributed by atoms with Gasteiger partial charge in [-0.25, -0.2) is 0 Å². The molecule has 5 atom stereocenters. The zero-order valence-electron chi connectivity index (χ0n) is 24.6. The van der Waals surface area contributed by atoms with Crippen molar-refractivity contribution in [1.82, 2.24) is 20.1 Å². The molecule has 0 bridgehead atoms. The van der Waals surface area contributed by atoms with Gasteiger partial charge in [-0.3, -0.25) is 19.2 Å². The van der Waals surface area contributed by atoms with Crippen molar-refractivity contribution in [1.29, 1.82) is 0 Å². The first-order valence-electron chi connectivity index (χ1n) is 13.1. The molecule has 1 aliphatic heterocycles. The molecule has 0 radical (unpaired) electrons. The zero-order valence-corrected chi connectivity index (χ0v) is 25.4. The van der Waals surface area contributed by atoms with Crippen LogP contribution in [0.25, 0.3) is 0 Å². The molecule has 1 saturated heterocycles. The molecule has 0 aliphatic carbocycles. The van der Waals surface area contributed by atoms with Crippen molar-refractivity contribution in [2.75, 3.05) is 20.8 Å². The third-order valence-electron chi connectivity index (χ3n) is 6.30. The number of ether oxygens (including phenoxy) is 6. The molecular formula is C27H36N4O10S. The first kappa shape index (κ1) is 32.7. The predicted molar refractivity (Wildman–Crippen MR) is 148 cm³/mol. The fourth-order valence-electron chi connectivity index (χ4n) is 4.45. The maximum absolute atomic E-state index is 12.2. The second-order valence-electron chi connectivity index (χ2n) is 9.48. The molecular weight excluding hydrogens is 572 g/mol. The summed E-state index contributed by atoms with van der Waals surface area (Å²) in [5, 5.41) is 11.8. The molecule has 1 aromatic heterocycles. The quantitative estimate of drug-likeness (QED) is 0.271. The summed E-state index contributed by atoms with van der Waals surface area (Å²) in [4.78, 5) is 47.8. The standard InChI is InChI=1S/C27H36N4O10S/c1-14(32)28-23-25(40-17(4)35)24(39-16(3)34)21(13-38-15(2)33)41-26(23)42-27-30-29-22(31(27)5)11-9-18-8-10-19(36-6)20(12-18)37-7/h8,10,12,21,23-26H,9,11,13H2,1-7H3,(H,28,32)/t21-,23-,24+,25-,26+/m0/s1. The molecule has 1 N–H and O–H groups in total. The molecule has 14 nitrogen and oxygen atoms in total. The van der Waals surface area contributed by atoms with E-state index in [1.807, 2.05) is 18.2 Å². The van der Waals surface area contributed by atoms with Gasteiger partial charge in [0.1, 0.15) is 30.0 Å². The summed E-state index contributed by atoms with van der Waals surface area (Å²) in [7, 11) is 4.95. The average Bonchev–Trinajstić information content (AvgIpc) is 3.27. The molecule has 0 spiro atoms. The van der Waals surface area contributed by atoms with Crippen molar-refractivity contribution in [3.05, 3.63) is 29.6 Å². The van der Waals surface area contributed by atoms with Crippen LogP contribution in [0, 0.1) is 0 Å². The summed E-state index contributed by atoms with van der Waals surface area (Å²) < 4.78 is 34.9. The molecule has 1 aliphatic rings. The van der Waals surface area contributed by atoms with E-state index in [9.17, 15) is 19.2 Å². The molecule has 42 heavy (non-hydrogen) atoms. The highest BCUT2D eigenvalue weighted by atomic mass is 32.2. The fraction of sp³-hybridized carbons (Fsp3) is 0.556. The number of nitrogens with one attached hydrogen (secondary N) is 1. The predicted octanol–water partition coefficient (Wildman–Crippen LogP) is 1.37. The number of carbonyl (C=O) groups excluding carboxylic acids is 4. The van der Waals surface area contributed by atoms with Gasteiger partial charge in [-0.15, -0.1) is 10.2 Å². The number of aromatic nitrogens is 3. The number of amides is 1. The minimum absolute atomic E-state index is 0.287. The average molecular weight is 609 g/mol. The van der Waals surface area contributed by atoms with Gasteiger partial charge in [0.15, 0.2) is 28.9 Å². The van der Waals surface area contributed by atoms with Crippen LogP contribution in [-0.2, 0) is 58.0 Å². The van der Waals surface area contributed by atoms with Crippen molar-refractivity contribution in [3.8, 4) is 11.5 Å². The monoisotopic (exact) mass is 608 g/mol. The lowest BCUT2D eigenvalue weighted by molar-refractivity contribution is -0.211. The largest absolute Gasteiger partial charge is 0.493 e. The van der Waals surface area contributed by atoms with E-state index in [1.54, 1.807) is 25.8 Å². The summed E-state index contributed by atoms with van der Waals surface area (Å²) in [5.74, 6) is -0.404. The van der Waals surface area contributed by atoms with E-state index in [2.05, 4.69) is 15.5 Å². The number of benzene rings is 1. The van der Waals surface area contributed by atoms with Crippen molar-refractivity contribution < 1.29 is 47.6 Å². The van der Waals surface area contributed by atoms with Gasteiger partial charge in [-0.2, -0.15) is 0 Å². The summed E-state index contributed by atoms with van der Waals surface area (Å²) >= 11 is 1.13. The van der Waals surface area contributed by atoms with Gasteiger partial charge in [-0.1, -0.05) is 17.8 Å². The van der Waals surface area contributed by atoms with E-state index in [0.29, 0.717) is 35.3 Å². The Hall–Kier alpha value is -3.85. The van der Waals surface area contributed by atoms with Gasteiger partial charge >= 0.3 is 17.9 Å². The van der Waals surface area contributed by atoms with Crippen molar-refractivity contribution in [3.63, 3.8) is 0 Å². The van der Waals surface area contributed by atoms with Crippen LogP contribution < -0.4 is 14.8 Å². The molecule has 0 unspecified atom stereocenters. The van der Waals surface area contributed by atoms with E-state index in [-0.39, 0.29) is 6.61 Å². The number of thioether (sulfide) groups is 1. The Balaban J connectivity index is 1.87. The molecule has 15 heteroatoms. The van der Waals surface area contributed by atoms with Crippen molar-refractivity contribution in [2.45, 2.75) is 75.5 Å². The molecule has 1 aromatic carbocycles. The smallest absolute Gasteiger partial charge is 0.303 e. The van der Waals surface area contributed by atoms with E-state index in [4.69, 9.17) is 28.4 Å². The van der Waals surface area contributed by atoms with Gasteiger partial charge < -0.3 is 38.3 Å². The third-order valence-corrected chi connectivity index (χ3v) is 7.51. The van der Waals surface area contributed by atoms with Crippen LogP contribution in [0.1, 0.15) is 39.1 Å². The highest BCUT2D eigenvalue weighted by Gasteiger charge is 2.51. The molecule has 230 valence electrons. The van der Waals surface area contributed by atoms with Gasteiger partial charge in [0.05, 0.1) is 14.2 Å². The van der Waals surface area contributed by atoms with Crippen LogP contribution in [0.2, 0.25) is 0 Å². The van der Waals surface area contributed by atoms with Gasteiger partial charge in [0, 0.05) is 41.2 Å². The first-order valence-corrected chi connectivity index (χ1v) is 14.0. The lowest BCUT2D eigenvalue weighted by Gasteiger charge is -2.44. The van der Waals surface area contributed by atoms with Crippen LogP contribution >= 0.6 is 11.8 Å². The molecule has 2 heterocycles. The Labute approximate surface area is 247 Å². The van der Waals surface area contributed by atoms with Crippen LogP contribution in [0.15, 0.2) is 23.4 Å². The number of methoxy groups -OCH3 is 2. The van der Waals surface area contributed by atoms with Crippen LogP contribution in [0.5, 0.6) is 11.5 Å². The Kier molecular flexibility index (Phi) is 11.6. The number of esters is 3. The van der Waals surface area contributed by atoms with Crippen molar-refractivity contribution in [2.24, 2.45) is 7.05 Å². The maximum Gasteiger partial charge on any atom is 0.303 e. The van der Waals surface area contributed by atoms with E-state index in [0.717, 1.165) is 17.3 Å².